The standard InChI is InChI=1S/C17H16O3/c1-13(12-17(18)19-2)14-8-10-16(11-9-14)20-15-6-4-3-5-7-15/h3-12H,1-2H3/b13-12-. The molecule has 0 aliphatic heterocycles. The molecule has 0 spiro atoms. The van der Waals surface area contributed by atoms with Crippen LogP contribution in [0.15, 0.2) is 60.7 Å². The Labute approximate surface area is 118 Å². The summed E-state index contributed by atoms with van der Waals surface area (Å²) >= 11 is 0. The Morgan fingerprint density at radius 1 is 0.950 bits per heavy atom. The molecule has 0 aliphatic rings. The van der Waals surface area contributed by atoms with Gasteiger partial charge in [-0.2, -0.15) is 0 Å². The Kier molecular flexibility index (Phi) is 4.56. The van der Waals surface area contributed by atoms with Crippen molar-refractivity contribution in [3.8, 4) is 11.5 Å². The highest BCUT2D eigenvalue weighted by Crippen LogP contribution is 2.23. The maximum absolute atomic E-state index is 11.2. The van der Waals surface area contributed by atoms with Gasteiger partial charge in [-0.25, -0.2) is 4.79 Å². The Balaban J connectivity index is 2.10. The maximum Gasteiger partial charge on any atom is 0.330 e. The van der Waals surface area contributed by atoms with E-state index in [0.717, 1.165) is 22.6 Å². The summed E-state index contributed by atoms with van der Waals surface area (Å²) in [6.45, 7) is 1.87. The lowest BCUT2D eigenvalue weighted by Gasteiger charge is -2.07. The molecule has 0 amide bonds. The highest BCUT2D eigenvalue weighted by molar-refractivity contribution is 5.90. The number of allylic oxidation sites excluding steroid dienone is 1. The van der Waals surface area contributed by atoms with Gasteiger partial charge < -0.3 is 9.47 Å². The van der Waals surface area contributed by atoms with E-state index in [1.54, 1.807) is 0 Å². The molecule has 0 saturated carbocycles. The van der Waals surface area contributed by atoms with Gasteiger partial charge in [-0.1, -0.05) is 30.3 Å². The Bertz CT molecular complexity index is 598. The molecule has 0 atom stereocenters. The van der Waals surface area contributed by atoms with E-state index >= 15 is 0 Å². The van der Waals surface area contributed by atoms with Gasteiger partial charge in [-0.15, -0.1) is 0 Å². The van der Waals surface area contributed by atoms with Gasteiger partial charge in [0.15, 0.2) is 0 Å². The number of methoxy groups -OCH3 is 1. The molecule has 0 radical (unpaired) electrons. The van der Waals surface area contributed by atoms with Gasteiger partial charge in [-0.05, 0) is 42.3 Å². The van der Waals surface area contributed by atoms with E-state index in [1.165, 1.54) is 13.2 Å². The molecule has 2 aromatic rings. The first-order chi connectivity index (χ1) is 9.69. The van der Waals surface area contributed by atoms with Crippen LogP contribution in [0.4, 0.5) is 0 Å². The molecule has 0 heterocycles. The number of carbonyl (C=O) groups is 1. The molecular formula is C17H16O3. The first-order valence-electron chi connectivity index (χ1n) is 6.28. The second-order valence-corrected chi connectivity index (χ2v) is 4.29. The SMILES string of the molecule is COC(=O)/C=C(/C)c1ccc(Oc2ccccc2)cc1. The highest BCUT2D eigenvalue weighted by Gasteiger charge is 2.01. The molecular weight excluding hydrogens is 252 g/mol. The largest absolute Gasteiger partial charge is 0.466 e. The summed E-state index contributed by atoms with van der Waals surface area (Å²) in [6, 6.07) is 17.2. The third-order valence-electron chi connectivity index (χ3n) is 2.82. The number of carbonyl (C=O) groups excluding carboxylic acids is 1. The van der Waals surface area contributed by atoms with Gasteiger partial charge in [0.05, 0.1) is 7.11 Å². The number of esters is 1. The number of ether oxygens (including phenoxy) is 2. The minimum atomic E-state index is -0.355. The predicted molar refractivity (Wildman–Crippen MR) is 78.6 cm³/mol. The molecule has 2 rings (SSSR count). The topological polar surface area (TPSA) is 35.5 Å². The van der Waals surface area contributed by atoms with Gasteiger partial charge in [0, 0.05) is 6.08 Å². The van der Waals surface area contributed by atoms with Crippen LogP contribution in [-0.4, -0.2) is 13.1 Å². The molecule has 0 fully saturated rings. The normalized spacial score (nSPS) is 11.0. The monoisotopic (exact) mass is 268 g/mol. The lowest BCUT2D eigenvalue weighted by atomic mass is 10.1. The van der Waals surface area contributed by atoms with Crippen molar-refractivity contribution in [2.24, 2.45) is 0 Å². The third kappa shape index (κ3) is 3.72. The van der Waals surface area contributed by atoms with Crippen LogP contribution in [0.5, 0.6) is 11.5 Å². The van der Waals surface area contributed by atoms with E-state index in [0.29, 0.717) is 0 Å². The smallest absolute Gasteiger partial charge is 0.330 e. The summed E-state index contributed by atoms with van der Waals surface area (Å²) in [6.07, 6.45) is 1.47. The summed E-state index contributed by atoms with van der Waals surface area (Å²) in [5, 5.41) is 0. The number of hydrogen-bond donors (Lipinski definition) is 0. The van der Waals surface area contributed by atoms with Crippen LogP contribution in [0.1, 0.15) is 12.5 Å². The van der Waals surface area contributed by atoms with Crippen molar-refractivity contribution in [3.05, 3.63) is 66.2 Å². The van der Waals surface area contributed by atoms with E-state index < -0.39 is 0 Å². The number of para-hydroxylation sites is 1. The Morgan fingerprint density at radius 3 is 2.15 bits per heavy atom. The Hall–Kier alpha value is -2.55. The van der Waals surface area contributed by atoms with Crippen molar-refractivity contribution >= 4 is 11.5 Å². The van der Waals surface area contributed by atoms with Gasteiger partial charge >= 0.3 is 5.97 Å². The van der Waals surface area contributed by atoms with E-state index in [-0.39, 0.29) is 5.97 Å². The fourth-order valence-electron chi connectivity index (χ4n) is 1.73. The molecule has 3 heteroatoms. The average molecular weight is 268 g/mol. The number of benzene rings is 2. The van der Waals surface area contributed by atoms with Crippen LogP contribution in [0.25, 0.3) is 5.57 Å². The second kappa shape index (κ2) is 6.57. The highest BCUT2D eigenvalue weighted by atomic mass is 16.5. The fourth-order valence-corrected chi connectivity index (χ4v) is 1.73. The number of rotatable bonds is 4. The zero-order chi connectivity index (χ0) is 14.4. The molecule has 20 heavy (non-hydrogen) atoms. The maximum atomic E-state index is 11.2. The van der Waals surface area contributed by atoms with Crippen molar-refractivity contribution < 1.29 is 14.3 Å². The van der Waals surface area contributed by atoms with Gasteiger partial charge in [-0.3, -0.25) is 0 Å². The van der Waals surface area contributed by atoms with Crippen LogP contribution >= 0.6 is 0 Å². The minimum absolute atomic E-state index is 0.355. The summed E-state index contributed by atoms with van der Waals surface area (Å²) < 4.78 is 10.3. The van der Waals surface area contributed by atoms with Gasteiger partial charge in [0.25, 0.3) is 0 Å². The lowest BCUT2D eigenvalue weighted by Crippen LogP contribution is -1.95. The van der Waals surface area contributed by atoms with Crippen LogP contribution < -0.4 is 4.74 Å². The first kappa shape index (κ1) is 13.9. The summed E-state index contributed by atoms with van der Waals surface area (Å²) in [5.74, 6) is 1.19. The van der Waals surface area contributed by atoms with Gasteiger partial charge in [0.2, 0.25) is 0 Å². The summed E-state index contributed by atoms with van der Waals surface area (Å²) in [5.41, 5.74) is 1.80. The van der Waals surface area contributed by atoms with E-state index in [4.69, 9.17) is 4.74 Å². The Morgan fingerprint density at radius 2 is 1.55 bits per heavy atom. The van der Waals surface area contributed by atoms with Crippen LogP contribution in [0.2, 0.25) is 0 Å². The molecule has 2 aromatic carbocycles. The van der Waals surface area contributed by atoms with Crippen molar-refractivity contribution in [2.45, 2.75) is 6.92 Å². The van der Waals surface area contributed by atoms with E-state index in [9.17, 15) is 4.79 Å². The quantitative estimate of drug-likeness (QED) is 0.619. The van der Waals surface area contributed by atoms with Gasteiger partial charge in [0.1, 0.15) is 11.5 Å². The fraction of sp³-hybridized carbons (Fsp3) is 0.118. The zero-order valence-electron chi connectivity index (χ0n) is 11.5. The van der Waals surface area contributed by atoms with Crippen molar-refractivity contribution in [1.29, 1.82) is 0 Å². The molecule has 0 bridgehead atoms. The lowest BCUT2D eigenvalue weighted by molar-refractivity contribution is -0.134. The van der Waals surface area contributed by atoms with Crippen LogP contribution in [0, 0.1) is 0 Å². The molecule has 0 saturated heterocycles. The summed E-state index contributed by atoms with van der Waals surface area (Å²) in [7, 11) is 1.36. The van der Waals surface area contributed by atoms with E-state index in [2.05, 4.69) is 4.74 Å². The summed E-state index contributed by atoms with van der Waals surface area (Å²) in [4.78, 5) is 11.2. The molecule has 0 unspecified atom stereocenters. The third-order valence-corrected chi connectivity index (χ3v) is 2.82. The molecule has 0 N–H and O–H groups in total. The van der Waals surface area contributed by atoms with Crippen molar-refractivity contribution in [3.63, 3.8) is 0 Å². The van der Waals surface area contributed by atoms with Crippen LogP contribution in [0.3, 0.4) is 0 Å². The van der Waals surface area contributed by atoms with E-state index in [1.807, 2.05) is 61.5 Å². The molecule has 0 aromatic heterocycles. The first-order valence-corrected chi connectivity index (χ1v) is 6.28. The van der Waals surface area contributed by atoms with Crippen LogP contribution in [-0.2, 0) is 9.53 Å². The number of hydrogen-bond acceptors (Lipinski definition) is 3. The second-order valence-electron chi connectivity index (χ2n) is 4.29. The minimum Gasteiger partial charge on any atom is -0.466 e. The zero-order valence-corrected chi connectivity index (χ0v) is 11.5. The predicted octanol–water partition coefficient (Wildman–Crippen LogP) is 4.06. The molecule has 0 aliphatic carbocycles. The van der Waals surface area contributed by atoms with Crippen molar-refractivity contribution in [1.82, 2.24) is 0 Å². The van der Waals surface area contributed by atoms with Crippen molar-refractivity contribution in [2.75, 3.05) is 7.11 Å². The molecule has 3 nitrogen and oxygen atoms in total. The average Bonchev–Trinajstić information content (AvgIpc) is 2.49. The molecule has 102 valence electrons.